The highest BCUT2D eigenvalue weighted by Crippen LogP contribution is 2.38. The number of nitrogens with one attached hydrogen (secondary N) is 1. The minimum atomic E-state index is -4.89. The lowest BCUT2D eigenvalue weighted by atomic mass is 10.1. The van der Waals surface area contributed by atoms with Crippen LogP contribution in [0.5, 0.6) is 5.75 Å². The van der Waals surface area contributed by atoms with Crippen LogP contribution in [-0.4, -0.2) is 37.8 Å². The van der Waals surface area contributed by atoms with E-state index >= 15 is 0 Å². The molecule has 0 radical (unpaired) electrons. The highest BCUT2D eigenvalue weighted by Gasteiger charge is 2.39. The summed E-state index contributed by atoms with van der Waals surface area (Å²) in [5, 5.41) is 11.8. The number of carboxylic acids is 1. The Kier molecular flexibility index (Phi) is 4.67. The first-order valence-electron chi connectivity index (χ1n) is 9.69. The van der Waals surface area contributed by atoms with Crippen molar-refractivity contribution >= 4 is 22.7 Å². The summed E-state index contributed by atoms with van der Waals surface area (Å²) in [6.45, 7) is 0. The number of alkyl halides is 3. The molecule has 0 aliphatic rings. The number of benzene rings is 2. The summed E-state index contributed by atoms with van der Waals surface area (Å²) in [7, 11) is 1.39. The molecule has 5 aromatic rings. The maximum atomic E-state index is 13.9. The monoisotopic (exact) mass is 470 g/mol. The van der Waals surface area contributed by atoms with Crippen LogP contribution < -0.4 is 10.3 Å². The Morgan fingerprint density at radius 2 is 1.82 bits per heavy atom. The van der Waals surface area contributed by atoms with Crippen molar-refractivity contribution in [2.45, 2.75) is 6.18 Å². The maximum absolute atomic E-state index is 13.9. The number of methoxy groups -OCH3 is 1. The second kappa shape index (κ2) is 7.47. The van der Waals surface area contributed by atoms with Crippen LogP contribution in [0.15, 0.2) is 57.7 Å². The molecule has 0 saturated heterocycles. The Morgan fingerprint density at radius 3 is 2.47 bits per heavy atom. The molecule has 0 amide bonds. The van der Waals surface area contributed by atoms with Gasteiger partial charge in [0.15, 0.2) is 22.4 Å². The van der Waals surface area contributed by atoms with Crippen LogP contribution in [0.4, 0.5) is 13.2 Å². The molecule has 0 atom stereocenters. The van der Waals surface area contributed by atoms with E-state index in [9.17, 15) is 27.9 Å². The number of rotatable bonds is 4. The molecule has 34 heavy (non-hydrogen) atoms. The summed E-state index contributed by atoms with van der Waals surface area (Å²) < 4.78 is 52.9. The van der Waals surface area contributed by atoms with Crippen molar-refractivity contribution in [3.8, 4) is 28.3 Å². The maximum Gasteiger partial charge on any atom is 0.433 e. The van der Waals surface area contributed by atoms with Crippen molar-refractivity contribution in [2.24, 2.45) is 0 Å². The van der Waals surface area contributed by atoms with Gasteiger partial charge in [-0.05, 0) is 17.7 Å². The van der Waals surface area contributed by atoms with Crippen LogP contribution in [0.1, 0.15) is 16.2 Å². The quantitative estimate of drug-likeness (QED) is 0.403. The lowest BCUT2D eigenvalue weighted by Gasteiger charge is -2.07. The minimum absolute atomic E-state index is 0.0937. The normalized spacial score (nSPS) is 11.9. The number of H-pyrrole nitrogens is 1. The van der Waals surface area contributed by atoms with Crippen LogP contribution in [0.3, 0.4) is 0 Å². The Balaban J connectivity index is 1.89. The lowest BCUT2D eigenvalue weighted by Crippen LogP contribution is -2.22. The van der Waals surface area contributed by atoms with Crippen molar-refractivity contribution in [2.75, 3.05) is 7.11 Å². The third kappa shape index (κ3) is 3.18. The first-order chi connectivity index (χ1) is 16.2. The van der Waals surface area contributed by atoms with E-state index in [4.69, 9.17) is 9.15 Å². The van der Waals surface area contributed by atoms with Crippen LogP contribution in [-0.2, 0) is 6.18 Å². The molecule has 2 N–H and O–H groups in total. The van der Waals surface area contributed by atoms with Crippen LogP contribution in [0.2, 0.25) is 0 Å². The Morgan fingerprint density at radius 1 is 1.09 bits per heavy atom. The molecule has 0 aliphatic carbocycles. The average Bonchev–Trinajstić information content (AvgIpc) is 3.41. The van der Waals surface area contributed by atoms with E-state index in [0.29, 0.717) is 10.3 Å². The molecule has 0 spiro atoms. The van der Waals surface area contributed by atoms with Gasteiger partial charge in [-0.25, -0.2) is 14.8 Å². The zero-order chi connectivity index (χ0) is 24.2. The summed E-state index contributed by atoms with van der Waals surface area (Å²) in [5.74, 6) is -1.77. The molecule has 0 aliphatic heterocycles. The van der Waals surface area contributed by atoms with Crippen molar-refractivity contribution < 1.29 is 32.2 Å². The summed E-state index contributed by atoms with van der Waals surface area (Å²) in [6, 6.07) is 12.1. The first-order valence-corrected chi connectivity index (χ1v) is 9.69. The van der Waals surface area contributed by atoms with Crippen molar-refractivity contribution in [1.29, 1.82) is 0 Å². The molecule has 3 heterocycles. The first kappa shape index (κ1) is 21.2. The summed E-state index contributed by atoms with van der Waals surface area (Å²) >= 11 is 0. The van der Waals surface area contributed by atoms with E-state index in [1.165, 1.54) is 37.4 Å². The van der Waals surface area contributed by atoms with Gasteiger partial charge in [-0.2, -0.15) is 17.7 Å². The zero-order valence-electron chi connectivity index (χ0n) is 17.2. The highest BCUT2D eigenvalue weighted by molar-refractivity contribution is 5.95. The van der Waals surface area contributed by atoms with Crippen molar-refractivity contribution in [3.05, 3.63) is 70.3 Å². The number of nitrogens with zero attached hydrogens (tertiary/aromatic N) is 3. The fourth-order valence-electron chi connectivity index (χ4n) is 3.70. The molecule has 5 rings (SSSR count). The molecular weight excluding hydrogens is 457 g/mol. The van der Waals surface area contributed by atoms with Crippen LogP contribution >= 0.6 is 0 Å². The van der Waals surface area contributed by atoms with Gasteiger partial charge in [0.25, 0.3) is 5.56 Å². The predicted molar refractivity (Wildman–Crippen MR) is 113 cm³/mol. The van der Waals surface area contributed by atoms with E-state index in [0.717, 1.165) is 0 Å². The number of aromatic carboxylic acids is 1. The molecule has 9 nitrogen and oxygen atoms in total. The van der Waals surface area contributed by atoms with Gasteiger partial charge >= 0.3 is 12.1 Å². The highest BCUT2D eigenvalue weighted by atomic mass is 19.4. The zero-order valence-corrected chi connectivity index (χ0v) is 17.2. The number of aromatic nitrogens is 4. The summed E-state index contributed by atoms with van der Waals surface area (Å²) in [5.41, 5.74) is -4.28. The number of para-hydroxylation sites is 1. The third-order valence-corrected chi connectivity index (χ3v) is 5.14. The van der Waals surface area contributed by atoms with Gasteiger partial charge in [-0.3, -0.25) is 9.89 Å². The lowest BCUT2D eigenvalue weighted by molar-refractivity contribution is -0.140. The molecular formula is C22H13F3N4O5. The second-order valence-electron chi connectivity index (χ2n) is 7.16. The van der Waals surface area contributed by atoms with E-state index in [-0.39, 0.29) is 16.7 Å². The largest absolute Gasteiger partial charge is 0.494 e. The van der Waals surface area contributed by atoms with E-state index in [1.54, 1.807) is 18.2 Å². The number of hydrogen-bond donors (Lipinski definition) is 2. The Bertz CT molecular complexity index is 1630. The number of halogens is 3. The summed E-state index contributed by atoms with van der Waals surface area (Å²) in [4.78, 5) is 33.5. The van der Waals surface area contributed by atoms with Crippen LogP contribution in [0, 0.1) is 0 Å². The van der Waals surface area contributed by atoms with Crippen molar-refractivity contribution in [1.82, 2.24) is 19.6 Å². The van der Waals surface area contributed by atoms with E-state index < -0.39 is 51.8 Å². The predicted octanol–water partition coefficient (Wildman–Crippen LogP) is 4.22. The molecule has 12 heteroatoms. The average molecular weight is 470 g/mol. The van der Waals surface area contributed by atoms with Gasteiger partial charge in [0.05, 0.1) is 12.7 Å². The number of fused-ring (bicyclic) bond motifs is 2. The summed E-state index contributed by atoms with van der Waals surface area (Å²) in [6.07, 6.45) is -4.89. The fraction of sp³-hybridized carbons (Fsp3) is 0.0909. The number of carboxylic acid groups (broad SMARTS) is 1. The number of carbonyl (C=O) groups is 1. The molecule has 2 aromatic carbocycles. The minimum Gasteiger partial charge on any atom is -0.494 e. The van der Waals surface area contributed by atoms with Gasteiger partial charge in [0.2, 0.25) is 5.89 Å². The Labute approximate surface area is 187 Å². The molecule has 0 saturated carbocycles. The van der Waals surface area contributed by atoms with E-state index in [2.05, 4.69) is 9.97 Å². The van der Waals surface area contributed by atoms with Crippen LogP contribution in [0.25, 0.3) is 39.3 Å². The smallest absolute Gasteiger partial charge is 0.433 e. The molecule has 3 aromatic heterocycles. The van der Waals surface area contributed by atoms with Gasteiger partial charge < -0.3 is 14.3 Å². The molecule has 0 fully saturated rings. The molecule has 0 unspecified atom stereocenters. The fourth-order valence-corrected chi connectivity index (χ4v) is 3.70. The van der Waals surface area contributed by atoms with Gasteiger partial charge in [-0.15, -0.1) is 0 Å². The molecule has 172 valence electrons. The topological polar surface area (TPSA) is 123 Å². The SMILES string of the molecule is COc1cccc2oc(-c3c(C(=O)O)nc4c(-c5ccccc5)c(C(F)(F)F)[nH]n4c3=O)nc12. The van der Waals surface area contributed by atoms with Gasteiger partial charge in [0, 0.05) is 0 Å². The second-order valence-corrected chi connectivity index (χ2v) is 7.16. The van der Waals surface area contributed by atoms with Crippen molar-refractivity contribution in [3.63, 3.8) is 0 Å². The third-order valence-electron chi connectivity index (χ3n) is 5.14. The number of ether oxygens (including phenoxy) is 1. The standard InChI is InChI=1S/C22H13F3N4O5/c1-33-11-8-5-9-12-15(11)27-19(34-12)14-16(21(31)32)26-18-13(10-6-3-2-4-7-10)17(22(23,24)25)28-29(18)20(14)30/h2-9,28H,1H3,(H,31,32). The number of hydrogen-bond acceptors (Lipinski definition) is 6. The van der Waals surface area contributed by atoms with Gasteiger partial charge in [-0.1, -0.05) is 36.4 Å². The van der Waals surface area contributed by atoms with Gasteiger partial charge in [0.1, 0.15) is 17.0 Å². The van der Waals surface area contributed by atoms with E-state index in [1.807, 2.05) is 5.10 Å². The Hall–Kier alpha value is -4.61. The number of oxazole rings is 1. The number of aromatic amines is 1. The molecule has 0 bridgehead atoms.